The minimum absolute atomic E-state index is 0.292. The van der Waals surface area contributed by atoms with Crippen LogP contribution in [0.3, 0.4) is 0 Å². The van der Waals surface area contributed by atoms with E-state index in [0.29, 0.717) is 6.04 Å². The summed E-state index contributed by atoms with van der Waals surface area (Å²) in [5.74, 6) is 6.24. The van der Waals surface area contributed by atoms with Gasteiger partial charge in [0.2, 0.25) is 0 Å². The third-order valence-electron chi connectivity index (χ3n) is 4.30. The minimum Gasteiger partial charge on any atom is -0.307 e. The molecule has 1 heteroatoms. The summed E-state index contributed by atoms with van der Waals surface area (Å²) in [5.41, 5.74) is 3.64. The Kier molecular flexibility index (Phi) is 5.67. The lowest BCUT2D eigenvalue weighted by atomic mass is 10.00. The lowest BCUT2D eigenvalue weighted by Gasteiger charge is -2.15. The Labute approximate surface area is 150 Å². The number of rotatable bonds is 4. The fourth-order valence-electron chi connectivity index (χ4n) is 2.86. The van der Waals surface area contributed by atoms with Crippen LogP contribution in [0.2, 0.25) is 0 Å². The molecule has 0 aromatic heterocycles. The molecule has 0 aliphatic carbocycles. The first-order chi connectivity index (χ1) is 12.2. The van der Waals surface area contributed by atoms with Crippen LogP contribution in [0, 0.1) is 18.8 Å². The molecule has 0 saturated heterocycles. The van der Waals surface area contributed by atoms with Crippen molar-refractivity contribution in [1.29, 1.82) is 0 Å². The third-order valence-corrected chi connectivity index (χ3v) is 4.30. The van der Waals surface area contributed by atoms with Crippen LogP contribution >= 0.6 is 0 Å². The first-order valence-corrected chi connectivity index (χ1v) is 8.68. The molecule has 0 unspecified atom stereocenters. The Hall–Kier alpha value is -2.82. The molecule has 1 nitrogen and oxygen atoms in total. The fraction of sp³-hybridized carbons (Fsp3) is 0.167. The van der Waals surface area contributed by atoms with Gasteiger partial charge in [-0.1, -0.05) is 78.1 Å². The first kappa shape index (κ1) is 17.0. The summed E-state index contributed by atoms with van der Waals surface area (Å²) in [6.45, 7) is 5.08. The van der Waals surface area contributed by atoms with Gasteiger partial charge in [-0.2, -0.15) is 0 Å². The molecule has 0 bridgehead atoms. The van der Waals surface area contributed by atoms with Crippen molar-refractivity contribution in [1.82, 2.24) is 5.32 Å². The van der Waals surface area contributed by atoms with E-state index in [2.05, 4.69) is 104 Å². The van der Waals surface area contributed by atoms with Crippen LogP contribution in [0.1, 0.15) is 29.7 Å². The van der Waals surface area contributed by atoms with E-state index in [-0.39, 0.29) is 0 Å². The second-order valence-electron chi connectivity index (χ2n) is 6.24. The fourth-order valence-corrected chi connectivity index (χ4v) is 2.86. The molecule has 1 N–H and O–H groups in total. The number of hydrogen-bond acceptors (Lipinski definition) is 1. The van der Waals surface area contributed by atoms with Gasteiger partial charge in [-0.15, -0.1) is 0 Å². The van der Waals surface area contributed by atoms with E-state index in [4.69, 9.17) is 0 Å². The summed E-state index contributed by atoms with van der Waals surface area (Å²) < 4.78 is 0. The third kappa shape index (κ3) is 4.59. The van der Waals surface area contributed by atoms with Crippen LogP contribution in [0.15, 0.2) is 78.9 Å². The average molecular weight is 325 g/mol. The molecule has 0 heterocycles. The van der Waals surface area contributed by atoms with Crippen molar-refractivity contribution in [2.45, 2.75) is 19.9 Å². The maximum absolute atomic E-state index is 3.54. The summed E-state index contributed by atoms with van der Waals surface area (Å²) >= 11 is 0. The SMILES string of the molecule is Cc1ccc(C#CC=CCN[C@H](C)c2cccc3ccccc23)cc1. The second-order valence-corrected chi connectivity index (χ2v) is 6.24. The molecule has 0 saturated carbocycles. The Morgan fingerprint density at radius 3 is 2.56 bits per heavy atom. The van der Waals surface area contributed by atoms with Crippen LogP contribution in [-0.2, 0) is 0 Å². The van der Waals surface area contributed by atoms with E-state index in [1.165, 1.54) is 21.9 Å². The largest absolute Gasteiger partial charge is 0.307 e. The van der Waals surface area contributed by atoms with Gasteiger partial charge in [0.05, 0.1) is 0 Å². The Bertz CT molecular complexity index is 918. The van der Waals surface area contributed by atoms with Gasteiger partial charge in [-0.3, -0.25) is 0 Å². The summed E-state index contributed by atoms with van der Waals surface area (Å²) in [6, 6.07) is 23.6. The van der Waals surface area contributed by atoms with Crippen molar-refractivity contribution >= 4 is 10.8 Å². The van der Waals surface area contributed by atoms with E-state index < -0.39 is 0 Å². The number of aryl methyl sites for hydroxylation is 1. The Morgan fingerprint density at radius 2 is 1.72 bits per heavy atom. The zero-order valence-corrected chi connectivity index (χ0v) is 14.8. The van der Waals surface area contributed by atoms with E-state index in [9.17, 15) is 0 Å². The van der Waals surface area contributed by atoms with Gasteiger partial charge in [0, 0.05) is 18.2 Å². The highest BCUT2D eigenvalue weighted by atomic mass is 14.9. The molecular weight excluding hydrogens is 302 g/mol. The van der Waals surface area contributed by atoms with Crippen molar-refractivity contribution in [3.8, 4) is 11.8 Å². The van der Waals surface area contributed by atoms with E-state index in [0.717, 1.165) is 12.1 Å². The lowest BCUT2D eigenvalue weighted by molar-refractivity contribution is 0.621. The Balaban J connectivity index is 1.57. The molecule has 0 amide bonds. The maximum Gasteiger partial charge on any atom is 0.0300 e. The van der Waals surface area contributed by atoms with Gasteiger partial charge in [-0.25, -0.2) is 0 Å². The van der Waals surface area contributed by atoms with Crippen molar-refractivity contribution in [2.24, 2.45) is 0 Å². The van der Waals surface area contributed by atoms with Crippen molar-refractivity contribution in [3.63, 3.8) is 0 Å². The van der Waals surface area contributed by atoms with E-state index in [1.54, 1.807) is 0 Å². The summed E-state index contributed by atoms with van der Waals surface area (Å²) in [5, 5.41) is 6.14. The first-order valence-electron chi connectivity index (χ1n) is 8.68. The van der Waals surface area contributed by atoms with E-state index in [1.807, 2.05) is 6.08 Å². The number of benzene rings is 3. The molecule has 25 heavy (non-hydrogen) atoms. The second kappa shape index (κ2) is 8.33. The van der Waals surface area contributed by atoms with Crippen LogP contribution in [0.25, 0.3) is 10.8 Å². The van der Waals surface area contributed by atoms with Gasteiger partial charge >= 0.3 is 0 Å². The van der Waals surface area contributed by atoms with Gasteiger partial charge in [-0.05, 0) is 48.4 Å². The number of hydrogen-bond donors (Lipinski definition) is 1. The summed E-state index contributed by atoms with van der Waals surface area (Å²) in [4.78, 5) is 0. The maximum atomic E-state index is 3.54. The van der Waals surface area contributed by atoms with Crippen molar-refractivity contribution in [3.05, 3.63) is 95.6 Å². The summed E-state index contributed by atoms with van der Waals surface area (Å²) in [7, 11) is 0. The normalized spacial score (nSPS) is 12.1. The van der Waals surface area contributed by atoms with Crippen molar-refractivity contribution < 1.29 is 0 Å². The molecule has 3 aromatic carbocycles. The lowest BCUT2D eigenvalue weighted by Crippen LogP contribution is -2.18. The van der Waals surface area contributed by atoms with Gasteiger partial charge in [0.1, 0.15) is 0 Å². The molecule has 0 aliphatic rings. The smallest absolute Gasteiger partial charge is 0.0300 e. The van der Waals surface area contributed by atoms with Crippen LogP contribution < -0.4 is 5.32 Å². The molecule has 1 atom stereocenters. The molecule has 124 valence electrons. The molecular formula is C24H23N. The highest BCUT2D eigenvalue weighted by Crippen LogP contribution is 2.23. The minimum atomic E-state index is 0.292. The van der Waals surface area contributed by atoms with Crippen LogP contribution in [0.4, 0.5) is 0 Å². The topological polar surface area (TPSA) is 12.0 Å². The number of nitrogens with one attached hydrogen (secondary N) is 1. The molecule has 0 spiro atoms. The molecule has 0 radical (unpaired) electrons. The number of fused-ring (bicyclic) bond motifs is 1. The zero-order chi connectivity index (χ0) is 17.5. The van der Waals surface area contributed by atoms with Gasteiger partial charge < -0.3 is 5.32 Å². The predicted octanol–water partition coefficient (Wildman–Crippen LogP) is 5.41. The van der Waals surface area contributed by atoms with Crippen LogP contribution in [-0.4, -0.2) is 6.54 Å². The quantitative estimate of drug-likeness (QED) is 0.633. The van der Waals surface area contributed by atoms with Crippen LogP contribution in [0.5, 0.6) is 0 Å². The Morgan fingerprint density at radius 1 is 0.960 bits per heavy atom. The standard InChI is InChI=1S/C24H23N/c1-19-14-16-21(17-15-19)9-4-3-7-18-25-20(2)23-13-8-11-22-10-5-6-12-24(22)23/h3,5-8,10-17,20,25H,18H2,1-2H3/t20-/m1/s1. The van der Waals surface area contributed by atoms with Gasteiger partial charge in [0.25, 0.3) is 0 Å². The molecule has 3 aromatic rings. The monoisotopic (exact) mass is 325 g/mol. The highest BCUT2D eigenvalue weighted by molar-refractivity contribution is 5.86. The van der Waals surface area contributed by atoms with Gasteiger partial charge in [0.15, 0.2) is 0 Å². The summed E-state index contributed by atoms with van der Waals surface area (Å²) in [6.07, 6.45) is 3.99. The number of allylic oxidation sites excluding steroid dienone is 1. The molecule has 0 aliphatic heterocycles. The zero-order valence-electron chi connectivity index (χ0n) is 14.8. The predicted molar refractivity (Wildman–Crippen MR) is 108 cm³/mol. The highest BCUT2D eigenvalue weighted by Gasteiger charge is 2.07. The van der Waals surface area contributed by atoms with E-state index >= 15 is 0 Å². The molecule has 3 rings (SSSR count). The molecule has 0 fully saturated rings. The van der Waals surface area contributed by atoms with Crippen molar-refractivity contribution in [2.75, 3.05) is 6.54 Å². The average Bonchev–Trinajstić information content (AvgIpc) is 2.65.